The molecule has 0 aliphatic rings. The molecule has 1 amide bonds. The molecule has 220 valence electrons. The molecule has 8 nitrogen and oxygen atoms in total. The molecule has 1 heterocycles. The lowest BCUT2D eigenvalue weighted by Gasteiger charge is -2.32. The Morgan fingerprint density at radius 3 is 2.24 bits per heavy atom. The standard InChI is InChI=1S/C29H31F4N3O5/c1-17-4-6-18(7-5-17)21-13-20(27(2,35)16-30)14-25(36-21)28(39,29(31,32)33)11-10-22(37)19-8-9-23(24(12-19)40-3)41-15-26(34)38/h4-9,12-14,39H,10-11,15-16,35H2,1-3H3,(H2,34,38). The third-order valence-electron chi connectivity index (χ3n) is 6.57. The molecule has 0 saturated heterocycles. The number of carbonyl (C=O) groups excluding carboxylic acids is 2. The van der Waals surface area contributed by atoms with Crippen molar-refractivity contribution in [3.63, 3.8) is 0 Å². The zero-order valence-electron chi connectivity index (χ0n) is 22.7. The molecule has 5 N–H and O–H groups in total. The van der Waals surface area contributed by atoms with Crippen molar-refractivity contribution >= 4 is 11.7 Å². The Labute approximate surface area is 234 Å². The highest BCUT2D eigenvalue weighted by Crippen LogP contribution is 2.43. The first-order chi connectivity index (χ1) is 19.1. The van der Waals surface area contributed by atoms with Crippen LogP contribution in [0.2, 0.25) is 0 Å². The largest absolute Gasteiger partial charge is 0.493 e. The minimum absolute atomic E-state index is 0.00846. The number of halogens is 4. The maximum Gasteiger partial charge on any atom is 0.422 e. The van der Waals surface area contributed by atoms with Gasteiger partial charge in [-0.1, -0.05) is 29.8 Å². The topological polar surface area (TPSA) is 138 Å². The van der Waals surface area contributed by atoms with E-state index in [0.717, 1.165) is 11.6 Å². The summed E-state index contributed by atoms with van der Waals surface area (Å²) in [5.74, 6) is -1.34. The number of benzene rings is 2. The molecule has 0 saturated carbocycles. The minimum Gasteiger partial charge on any atom is -0.493 e. The van der Waals surface area contributed by atoms with Crippen molar-refractivity contribution in [3.8, 4) is 22.8 Å². The molecule has 0 aliphatic heterocycles. The zero-order chi connectivity index (χ0) is 30.6. The molecule has 3 aromatic rings. The number of aliphatic hydroxyl groups is 1. The van der Waals surface area contributed by atoms with E-state index in [4.69, 9.17) is 20.9 Å². The van der Waals surface area contributed by atoms with Gasteiger partial charge >= 0.3 is 6.18 Å². The predicted octanol–water partition coefficient (Wildman–Crippen LogP) is 4.49. The first-order valence-corrected chi connectivity index (χ1v) is 12.5. The fourth-order valence-electron chi connectivity index (χ4n) is 3.98. The molecular weight excluding hydrogens is 546 g/mol. The van der Waals surface area contributed by atoms with E-state index in [2.05, 4.69) is 4.98 Å². The first kappa shape index (κ1) is 31.5. The van der Waals surface area contributed by atoms with Crippen LogP contribution in [0.15, 0.2) is 54.6 Å². The maximum atomic E-state index is 14.5. The number of aryl methyl sites for hydroxylation is 1. The van der Waals surface area contributed by atoms with Crippen molar-refractivity contribution in [2.75, 3.05) is 20.4 Å². The number of pyridine rings is 1. The number of methoxy groups -OCH3 is 1. The Kier molecular flexibility index (Phi) is 9.40. The average Bonchev–Trinajstić information content (AvgIpc) is 2.93. The Hall–Kier alpha value is -4.03. The number of carbonyl (C=O) groups is 2. The van der Waals surface area contributed by atoms with Crippen LogP contribution in [-0.2, 0) is 15.9 Å². The van der Waals surface area contributed by atoms with Gasteiger partial charge in [-0.2, -0.15) is 13.2 Å². The summed E-state index contributed by atoms with van der Waals surface area (Å²) in [5.41, 5.74) is 6.38. The van der Waals surface area contributed by atoms with Crippen molar-refractivity contribution in [2.24, 2.45) is 11.5 Å². The second kappa shape index (κ2) is 12.2. The molecule has 2 atom stereocenters. The number of alkyl halides is 4. The van der Waals surface area contributed by atoms with Crippen LogP contribution in [-0.4, -0.2) is 48.3 Å². The molecule has 0 radical (unpaired) electrons. The van der Waals surface area contributed by atoms with Crippen LogP contribution in [0.25, 0.3) is 11.3 Å². The summed E-state index contributed by atoms with van der Waals surface area (Å²) in [6.45, 7) is 1.60. The monoisotopic (exact) mass is 577 g/mol. The molecule has 2 aromatic carbocycles. The van der Waals surface area contributed by atoms with Gasteiger partial charge in [-0.05, 0) is 56.2 Å². The highest BCUT2D eigenvalue weighted by Gasteiger charge is 2.56. The number of Topliss-reactive ketones (excluding diaryl/α,β-unsaturated/α-hetero) is 1. The number of rotatable bonds is 12. The van der Waals surface area contributed by atoms with Gasteiger partial charge in [-0.15, -0.1) is 0 Å². The SMILES string of the molecule is COc1cc(C(=O)CCC(O)(c2cc(C(C)(N)CF)cc(-c3ccc(C)cc3)n2)C(F)(F)F)ccc1OCC(N)=O. The van der Waals surface area contributed by atoms with E-state index in [9.17, 15) is 32.3 Å². The number of ketones is 1. The summed E-state index contributed by atoms with van der Waals surface area (Å²) >= 11 is 0. The van der Waals surface area contributed by atoms with E-state index >= 15 is 0 Å². The van der Waals surface area contributed by atoms with Crippen molar-refractivity contribution in [3.05, 3.63) is 77.0 Å². The zero-order valence-corrected chi connectivity index (χ0v) is 22.7. The van der Waals surface area contributed by atoms with Gasteiger partial charge in [0.2, 0.25) is 5.60 Å². The predicted molar refractivity (Wildman–Crippen MR) is 143 cm³/mol. The summed E-state index contributed by atoms with van der Waals surface area (Å²) in [4.78, 5) is 28.0. The molecular formula is C29H31F4N3O5. The Bertz CT molecular complexity index is 1410. The highest BCUT2D eigenvalue weighted by molar-refractivity contribution is 5.96. The quantitative estimate of drug-likeness (QED) is 0.213. The number of amides is 1. The van der Waals surface area contributed by atoms with Crippen LogP contribution in [0.5, 0.6) is 11.5 Å². The second-order valence-corrected chi connectivity index (χ2v) is 9.95. The van der Waals surface area contributed by atoms with E-state index in [1.165, 1.54) is 38.3 Å². The summed E-state index contributed by atoms with van der Waals surface area (Å²) in [6, 6.07) is 12.9. The molecule has 0 bridgehead atoms. The average molecular weight is 578 g/mol. The van der Waals surface area contributed by atoms with Crippen LogP contribution in [0.3, 0.4) is 0 Å². The number of primary amides is 1. The molecule has 1 aromatic heterocycles. The fraction of sp³-hybridized carbons (Fsp3) is 0.345. The molecule has 41 heavy (non-hydrogen) atoms. The van der Waals surface area contributed by atoms with Gasteiger partial charge < -0.3 is 26.0 Å². The van der Waals surface area contributed by atoms with Crippen LogP contribution >= 0.6 is 0 Å². The molecule has 2 unspecified atom stereocenters. The lowest BCUT2D eigenvalue weighted by Crippen LogP contribution is -2.44. The molecule has 0 spiro atoms. The number of nitrogens with two attached hydrogens (primary N) is 2. The Balaban J connectivity index is 2.01. The summed E-state index contributed by atoms with van der Waals surface area (Å²) in [7, 11) is 1.27. The van der Waals surface area contributed by atoms with Gasteiger partial charge in [-0.25, -0.2) is 9.37 Å². The number of aromatic nitrogens is 1. The van der Waals surface area contributed by atoms with Crippen LogP contribution in [0, 0.1) is 6.92 Å². The number of ether oxygens (including phenoxy) is 2. The molecule has 0 fully saturated rings. The van der Waals surface area contributed by atoms with Crippen LogP contribution < -0.4 is 20.9 Å². The molecule has 12 heteroatoms. The minimum atomic E-state index is -5.26. The van der Waals surface area contributed by atoms with Gasteiger partial charge in [0.1, 0.15) is 6.67 Å². The second-order valence-electron chi connectivity index (χ2n) is 9.95. The number of hydrogen-bond donors (Lipinski definition) is 3. The van der Waals surface area contributed by atoms with E-state index in [0.29, 0.717) is 5.56 Å². The van der Waals surface area contributed by atoms with Gasteiger partial charge in [0.25, 0.3) is 5.91 Å². The third-order valence-corrected chi connectivity index (χ3v) is 6.57. The first-order valence-electron chi connectivity index (χ1n) is 12.5. The van der Waals surface area contributed by atoms with Crippen molar-refractivity contribution in [2.45, 2.75) is 44.0 Å². The smallest absolute Gasteiger partial charge is 0.422 e. The Morgan fingerprint density at radius 1 is 1.02 bits per heavy atom. The third kappa shape index (κ3) is 7.19. The van der Waals surface area contributed by atoms with E-state index in [1.54, 1.807) is 24.3 Å². The van der Waals surface area contributed by atoms with Gasteiger partial charge in [-0.3, -0.25) is 9.59 Å². The van der Waals surface area contributed by atoms with E-state index in [1.807, 2.05) is 6.92 Å². The van der Waals surface area contributed by atoms with Gasteiger partial charge in [0.15, 0.2) is 23.9 Å². The van der Waals surface area contributed by atoms with Crippen LogP contribution in [0.4, 0.5) is 17.6 Å². The lowest BCUT2D eigenvalue weighted by molar-refractivity contribution is -0.270. The maximum absolute atomic E-state index is 14.5. The molecule has 3 rings (SSSR count). The van der Waals surface area contributed by atoms with Gasteiger partial charge in [0, 0.05) is 17.5 Å². The number of nitrogens with zero attached hydrogens (tertiary/aromatic N) is 1. The van der Waals surface area contributed by atoms with Crippen molar-refractivity contribution in [1.82, 2.24) is 4.98 Å². The van der Waals surface area contributed by atoms with Gasteiger partial charge in [0.05, 0.1) is 24.0 Å². The fourth-order valence-corrected chi connectivity index (χ4v) is 3.98. The normalized spacial score (nSPS) is 14.6. The van der Waals surface area contributed by atoms with Crippen molar-refractivity contribution < 1.29 is 41.7 Å². The highest BCUT2D eigenvalue weighted by atomic mass is 19.4. The van der Waals surface area contributed by atoms with Crippen LogP contribution in [0.1, 0.15) is 46.9 Å². The molecule has 0 aliphatic carbocycles. The summed E-state index contributed by atoms with van der Waals surface area (Å²) in [6.07, 6.45) is -7.08. The Morgan fingerprint density at radius 2 is 1.68 bits per heavy atom. The lowest BCUT2D eigenvalue weighted by atomic mass is 9.86. The summed E-state index contributed by atoms with van der Waals surface area (Å²) < 4.78 is 67.6. The summed E-state index contributed by atoms with van der Waals surface area (Å²) in [5, 5.41) is 11.1. The van der Waals surface area contributed by atoms with E-state index in [-0.39, 0.29) is 28.3 Å². The van der Waals surface area contributed by atoms with Crippen molar-refractivity contribution in [1.29, 1.82) is 0 Å². The van der Waals surface area contributed by atoms with E-state index < -0.39 is 60.8 Å². The number of hydrogen-bond acceptors (Lipinski definition) is 7.